The summed E-state index contributed by atoms with van der Waals surface area (Å²) in [5.41, 5.74) is 0.870. The Morgan fingerprint density at radius 2 is 1.97 bits per heavy atom. The van der Waals surface area contributed by atoms with Gasteiger partial charge in [0.25, 0.3) is 5.91 Å². The molecule has 2 fully saturated rings. The van der Waals surface area contributed by atoms with Gasteiger partial charge in [-0.3, -0.25) is 14.7 Å². The summed E-state index contributed by atoms with van der Waals surface area (Å²) >= 11 is 0. The summed E-state index contributed by atoms with van der Waals surface area (Å²) in [5.74, 6) is 0.241. The van der Waals surface area contributed by atoms with Gasteiger partial charge in [0.2, 0.25) is 0 Å². The quantitative estimate of drug-likeness (QED) is 0.802. The number of aromatic nitrogens is 1. The number of hydrogen-bond donors (Lipinski definition) is 1. The number of halogens is 2. The molecular weight excluding hydrogens is 380 g/mol. The third-order valence-corrected chi connectivity index (χ3v) is 5.94. The molecule has 3 heterocycles. The van der Waals surface area contributed by atoms with E-state index < -0.39 is 12.0 Å². The summed E-state index contributed by atoms with van der Waals surface area (Å²) in [6, 6.07) is 10.1. The molecule has 4 rings (SSSR count). The fourth-order valence-corrected chi connectivity index (χ4v) is 4.55. The van der Waals surface area contributed by atoms with Crippen LogP contribution < -0.4 is 4.74 Å². The molecule has 2 atom stereocenters. The van der Waals surface area contributed by atoms with Crippen molar-refractivity contribution in [2.75, 3.05) is 32.8 Å². The van der Waals surface area contributed by atoms with Crippen LogP contribution in [0.25, 0.3) is 0 Å². The van der Waals surface area contributed by atoms with Crippen molar-refractivity contribution in [3.63, 3.8) is 0 Å². The van der Waals surface area contributed by atoms with Crippen molar-refractivity contribution in [3.8, 4) is 5.75 Å². The van der Waals surface area contributed by atoms with Gasteiger partial charge >= 0.3 is 6.61 Å². The molecule has 154 valence electrons. The zero-order chi connectivity index (χ0) is 20.4. The minimum absolute atomic E-state index is 0.0243. The number of benzene rings is 1. The fourth-order valence-electron chi connectivity index (χ4n) is 4.55. The van der Waals surface area contributed by atoms with Gasteiger partial charge in [-0.1, -0.05) is 18.2 Å². The Kier molecular flexibility index (Phi) is 5.47. The van der Waals surface area contributed by atoms with E-state index in [0.29, 0.717) is 43.9 Å². The molecule has 2 aliphatic rings. The number of pyridine rings is 1. The van der Waals surface area contributed by atoms with Crippen molar-refractivity contribution < 1.29 is 23.4 Å². The zero-order valence-electron chi connectivity index (χ0n) is 15.9. The number of para-hydroxylation sites is 1. The van der Waals surface area contributed by atoms with Crippen molar-refractivity contribution in [2.24, 2.45) is 11.3 Å². The molecule has 0 saturated carbocycles. The average Bonchev–Trinajstić information content (AvgIpc) is 3.23. The molecule has 29 heavy (non-hydrogen) atoms. The summed E-state index contributed by atoms with van der Waals surface area (Å²) in [5, 5.41) is 10.2. The number of ether oxygens (including phenoxy) is 1. The second kappa shape index (κ2) is 8.04. The predicted molar refractivity (Wildman–Crippen MR) is 102 cm³/mol. The van der Waals surface area contributed by atoms with E-state index >= 15 is 0 Å². The molecule has 1 N–H and O–H groups in total. The smallest absolute Gasteiger partial charge is 0.387 e. The van der Waals surface area contributed by atoms with Crippen molar-refractivity contribution in [1.82, 2.24) is 14.8 Å². The number of aliphatic hydroxyl groups is 1. The van der Waals surface area contributed by atoms with Gasteiger partial charge < -0.3 is 14.7 Å². The van der Waals surface area contributed by atoms with Gasteiger partial charge in [0.05, 0.1) is 6.61 Å². The fraction of sp³-hybridized carbons (Fsp3) is 0.429. The molecule has 2 aromatic rings. The van der Waals surface area contributed by atoms with Crippen LogP contribution in [-0.4, -0.2) is 65.2 Å². The Morgan fingerprint density at radius 3 is 2.66 bits per heavy atom. The van der Waals surface area contributed by atoms with E-state index in [-0.39, 0.29) is 24.2 Å². The summed E-state index contributed by atoms with van der Waals surface area (Å²) in [6.45, 7) is -0.121. The van der Waals surface area contributed by atoms with Gasteiger partial charge in [-0.15, -0.1) is 0 Å². The van der Waals surface area contributed by atoms with Crippen LogP contribution in [0.2, 0.25) is 0 Å². The summed E-state index contributed by atoms with van der Waals surface area (Å²) in [6.07, 6.45) is 3.18. The molecule has 0 bridgehead atoms. The van der Waals surface area contributed by atoms with Crippen LogP contribution in [0, 0.1) is 11.3 Å². The highest BCUT2D eigenvalue weighted by Crippen LogP contribution is 2.43. The van der Waals surface area contributed by atoms with E-state index in [9.17, 15) is 18.7 Å². The van der Waals surface area contributed by atoms with Crippen LogP contribution >= 0.6 is 0 Å². The summed E-state index contributed by atoms with van der Waals surface area (Å²) in [7, 11) is 0. The second-order valence-electron chi connectivity index (χ2n) is 7.79. The van der Waals surface area contributed by atoms with E-state index in [2.05, 4.69) is 14.6 Å². The number of likely N-dealkylation sites (tertiary alicyclic amines) is 2. The lowest BCUT2D eigenvalue weighted by molar-refractivity contribution is -0.0507. The van der Waals surface area contributed by atoms with E-state index in [1.807, 2.05) is 0 Å². The summed E-state index contributed by atoms with van der Waals surface area (Å²) in [4.78, 5) is 20.6. The van der Waals surface area contributed by atoms with Crippen LogP contribution in [-0.2, 0) is 6.54 Å². The molecule has 2 aliphatic heterocycles. The van der Waals surface area contributed by atoms with Crippen LogP contribution in [0.1, 0.15) is 15.9 Å². The first kappa shape index (κ1) is 19.7. The lowest BCUT2D eigenvalue weighted by Crippen LogP contribution is -2.38. The minimum Gasteiger partial charge on any atom is -0.434 e. The second-order valence-corrected chi connectivity index (χ2v) is 7.79. The first-order valence-electron chi connectivity index (χ1n) is 9.56. The third-order valence-electron chi connectivity index (χ3n) is 5.94. The molecule has 0 spiro atoms. The Bertz CT molecular complexity index is 867. The Morgan fingerprint density at radius 1 is 1.21 bits per heavy atom. The Labute approximate surface area is 167 Å². The van der Waals surface area contributed by atoms with Crippen molar-refractivity contribution in [3.05, 3.63) is 59.9 Å². The number of aliphatic hydroxyl groups excluding tert-OH is 1. The largest absolute Gasteiger partial charge is 0.434 e. The van der Waals surface area contributed by atoms with Crippen LogP contribution in [0.15, 0.2) is 48.8 Å². The number of nitrogens with zero attached hydrogens (tertiary/aromatic N) is 3. The first-order chi connectivity index (χ1) is 14.0. The highest BCUT2D eigenvalue weighted by molar-refractivity contribution is 5.94. The standard InChI is InChI=1S/C21H23F2N3O3/c22-20(23)29-18-4-2-1-3-16(18)9-25-10-17-11-26(13-21(17,12-25)14-27)19(28)15-5-7-24-8-6-15/h1-8,17,20,27H,9-14H2. The number of amides is 1. The molecule has 2 saturated heterocycles. The van der Waals surface area contributed by atoms with E-state index in [1.165, 1.54) is 6.07 Å². The highest BCUT2D eigenvalue weighted by atomic mass is 19.3. The van der Waals surface area contributed by atoms with E-state index in [4.69, 9.17) is 0 Å². The Hall–Kier alpha value is -2.58. The van der Waals surface area contributed by atoms with Crippen LogP contribution in [0.4, 0.5) is 8.78 Å². The van der Waals surface area contributed by atoms with Crippen molar-refractivity contribution >= 4 is 5.91 Å². The number of carbonyl (C=O) groups excluding carboxylic acids is 1. The Balaban J connectivity index is 1.45. The molecule has 1 aromatic heterocycles. The lowest BCUT2D eigenvalue weighted by atomic mass is 9.82. The van der Waals surface area contributed by atoms with Gasteiger partial charge in [0, 0.05) is 61.7 Å². The topological polar surface area (TPSA) is 65.9 Å². The number of alkyl halides is 2. The van der Waals surface area contributed by atoms with Gasteiger partial charge in [-0.2, -0.15) is 8.78 Å². The normalized spacial score (nSPS) is 24.1. The molecule has 1 amide bonds. The number of carbonyl (C=O) groups is 1. The molecule has 2 unspecified atom stereocenters. The summed E-state index contributed by atoms with van der Waals surface area (Å²) < 4.78 is 30.0. The van der Waals surface area contributed by atoms with E-state index in [1.54, 1.807) is 47.6 Å². The monoisotopic (exact) mass is 403 g/mol. The van der Waals surface area contributed by atoms with Crippen molar-refractivity contribution in [1.29, 1.82) is 0 Å². The van der Waals surface area contributed by atoms with Gasteiger partial charge in [0.1, 0.15) is 5.75 Å². The average molecular weight is 403 g/mol. The van der Waals surface area contributed by atoms with Crippen molar-refractivity contribution in [2.45, 2.75) is 13.2 Å². The maximum Gasteiger partial charge on any atom is 0.387 e. The number of fused-ring (bicyclic) bond motifs is 1. The molecule has 1 aromatic carbocycles. The highest BCUT2D eigenvalue weighted by Gasteiger charge is 2.53. The molecule has 8 heteroatoms. The first-order valence-corrected chi connectivity index (χ1v) is 9.56. The molecule has 0 radical (unpaired) electrons. The van der Waals surface area contributed by atoms with Gasteiger partial charge in [0.15, 0.2) is 0 Å². The van der Waals surface area contributed by atoms with Gasteiger partial charge in [-0.25, -0.2) is 0 Å². The van der Waals surface area contributed by atoms with Crippen LogP contribution in [0.3, 0.4) is 0 Å². The lowest BCUT2D eigenvalue weighted by Gasteiger charge is -2.27. The molecule has 0 aliphatic carbocycles. The maximum atomic E-state index is 12.8. The molecule has 6 nitrogen and oxygen atoms in total. The van der Waals surface area contributed by atoms with E-state index in [0.717, 1.165) is 0 Å². The van der Waals surface area contributed by atoms with Crippen LogP contribution in [0.5, 0.6) is 5.75 Å². The maximum absolute atomic E-state index is 12.8. The predicted octanol–water partition coefficient (Wildman–Crippen LogP) is 2.25. The number of rotatable bonds is 6. The number of hydrogen-bond acceptors (Lipinski definition) is 5. The van der Waals surface area contributed by atoms with Gasteiger partial charge in [-0.05, 0) is 24.1 Å². The third kappa shape index (κ3) is 3.95. The molecular formula is C21H23F2N3O3. The zero-order valence-corrected chi connectivity index (χ0v) is 15.9. The SMILES string of the molecule is O=C(c1ccncc1)N1CC2CN(Cc3ccccc3OC(F)F)CC2(CO)C1. The minimum atomic E-state index is -2.87.